The van der Waals surface area contributed by atoms with Crippen molar-refractivity contribution in [3.8, 4) is 11.8 Å². The monoisotopic (exact) mass is 313 g/mol. The summed E-state index contributed by atoms with van der Waals surface area (Å²) in [5.41, 5.74) is 1.98. The summed E-state index contributed by atoms with van der Waals surface area (Å²) in [7, 11) is -3.22. The van der Waals surface area contributed by atoms with Crippen LogP contribution in [0.1, 0.15) is 24.1 Å². The van der Waals surface area contributed by atoms with E-state index in [0.29, 0.717) is 11.4 Å². The van der Waals surface area contributed by atoms with Crippen LogP contribution in [-0.2, 0) is 9.84 Å². The van der Waals surface area contributed by atoms with Crippen LogP contribution in [0.4, 0.5) is 0 Å². The molecule has 1 N–H and O–H groups in total. The minimum Gasteiger partial charge on any atom is -0.295 e. The highest BCUT2D eigenvalue weighted by molar-refractivity contribution is 7.90. The van der Waals surface area contributed by atoms with Crippen molar-refractivity contribution in [2.24, 2.45) is 0 Å². The summed E-state index contributed by atoms with van der Waals surface area (Å²) in [5, 5.41) is 3.36. The van der Waals surface area contributed by atoms with Crippen molar-refractivity contribution in [1.29, 1.82) is 0 Å². The maximum Gasteiger partial charge on any atom is 0.175 e. The molecule has 0 unspecified atom stereocenters. The van der Waals surface area contributed by atoms with Gasteiger partial charge < -0.3 is 0 Å². The van der Waals surface area contributed by atoms with Crippen molar-refractivity contribution in [3.63, 3.8) is 0 Å². The highest BCUT2D eigenvalue weighted by Gasteiger charge is 2.15. The van der Waals surface area contributed by atoms with Gasteiger partial charge in [-0.05, 0) is 30.2 Å². The molecule has 0 radical (unpaired) electrons. The standard InChI is InChI=1S/C18H19NO2S/c1-3-4-13-19-18(15-9-6-5-7-10-15)16-11-8-12-17(14-16)22(2,20)21/h5-12,14,18-19H,13H2,1-2H3/t18-/m0/s1. The zero-order chi connectivity index (χ0) is 16.0. The molecule has 22 heavy (non-hydrogen) atoms. The van der Waals surface area contributed by atoms with Gasteiger partial charge in [0.25, 0.3) is 0 Å². The quantitative estimate of drug-likeness (QED) is 0.864. The van der Waals surface area contributed by atoms with E-state index in [2.05, 4.69) is 17.2 Å². The van der Waals surface area contributed by atoms with Crippen LogP contribution in [0.3, 0.4) is 0 Å². The fourth-order valence-electron chi connectivity index (χ4n) is 2.24. The van der Waals surface area contributed by atoms with Crippen LogP contribution < -0.4 is 5.32 Å². The van der Waals surface area contributed by atoms with E-state index in [9.17, 15) is 8.42 Å². The smallest absolute Gasteiger partial charge is 0.175 e. The van der Waals surface area contributed by atoms with E-state index in [0.717, 1.165) is 11.1 Å². The summed E-state index contributed by atoms with van der Waals surface area (Å²) in [5.74, 6) is 5.84. The lowest BCUT2D eigenvalue weighted by Crippen LogP contribution is -2.23. The molecule has 2 aromatic rings. The van der Waals surface area contributed by atoms with E-state index in [4.69, 9.17) is 0 Å². The van der Waals surface area contributed by atoms with Gasteiger partial charge in [-0.3, -0.25) is 5.32 Å². The van der Waals surface area contributed by atoms with Gasteiger partial charge >= 0.3 is 0 Å². The van der Waals surface area contributed by atoms with Crippen LogP contribution in [0.2, 0.25) is 0 Å². The van der Waals surface area contributed by atoms with Crippen molar-refractivity contribution >= 4 is 9.84 Å². The second-order valence-corrected chi connectivity index (χ2v) is 7.01. The topological polar surface area (TPSA) is 46.2 Å². The fraction of sp³-hybridized carbons (Fsp3) is 0.222. The number of benzene rings is 2. The van der Waals surface area contributed by atoms with Crippen molar-refractivity contribution in [2.75, 3.05) is 12.8 Å². The molecule has 2 aromatic carbocycles. The first-order chi connectivity index (χ1) is 10.5. The van der Waals surface area contributed by atoms with Gasteiger partial charge in [0.1, 0.15) is 0 Å². The Labute approximate surface area is 132 Å². The Morgan fingerprint density at radius 2 is 1.73 bits per heavy atom. The molecular formula is C18H19NO2S. The lowest BCUT2D eigenvalue weighted by molar-refractivity contribution is 0.601. The molecule has 0 aromatic heterocycles. The lowest BCUT2D eigenvalue weighted by atomic mass is 9.99. The summed E-state index contributed by atoms with van der Waals surface area (Å²) in [6.45, 7) is 2.34. The van der Waals surface area contributed by atoms with E-state index in [-0.39, 0.29) is 6.04 Å². The van der Waals surface area contributed by atoms with Crippen molar-refractivity contribution in [1.82, 2.24) is 5.32 Å². The summed E-state index contributed by atoms with van der Waals surface area (Å²) in [6, 6.07) is 16.9. The Hall–Kier alpha value is -2.09. The lowest BCUT2D eigenvalue weighted by Gasteiger charge is -2.19. The Bertz CT molecular complexity index is 787. The van der Waals surface area contributed by atoms with Crippen LogP contribution in [0.15, 0.2) is 59.5 Å². The molecule has 0 aliphatic rings. The van der Waals surface area contributed by atoms with E-state index in [1.807, 2.05) is 36.4 Å². The number of hydrogen-bond donors (Lipinski definition) is 1. The Morgan fingerprint density at radius 1 is 1.05 bits per heavy atom. The molecule has 0 saturated heterocycles. The molecule has 4 heteroatoms. The van der Waals surface area contributed by atoms with Crippen LogP contribution in [-0.4, -0.2) is 21.2 Å². The molecule has 114 valence electrons. The number of sulfone groups is 1. The minimum atomic E-state index is -3.22. The molecule has 0 amide bonds. The normalized spacial score (nSPS) is 12.3. The van der Waals surface area contributed by atoms with Crippen LogP contribution in [0, 0.1) is 11.8 Å². The highest BCUT2D eigenvalue weighted by atomic mass is 32.2. The first-order valence-corrected chi connectivity index (χ1v) is 8.89. The Kier molecular flexibility index (Phi) is 5.37. The van der Waals surface area contributed by atoms with Crippen LogP contribution in [0.5, 0.6) is 0 Å². The van der Waals surface area contributed by atoms with Crippen molar-refractivity contribution < 1.29 is 8.42 Å². The van der Waals surface area contributed by atoms with E-state index in [1.54, 1.807) is 25.1 Å². The minimum absolute atomic E-state index is 0.0938. The van der Waals surface area contributed by atoms with E-state index in [1.165, 1.54) is 6.26 Å². The molecule has 0 saturated carbocycles. The fourth-order valence-corrected chi connectivity index (χ4v) is 2.92. The summed E-state index contributed by atoms with van der Waals surface area (Å²) < 4.78 is 23.5. The van der Waals surface area contributed by atoms with Crippen molar-refractivity contribution in [3.05, 3.63) is 65.7 Å². The van der Waals surface area contributed by atoms with Gasteiger partial charge in [0.2, 0.25) is 0 Å². The molecule has 2 rings (SSSR count). The predicted molar refractivity (Wildman–Crippen MR) is 89.3 cm³/mol. The summed E-state index contributed by atoms with van der Waals surface area (Å²) in [4.78, 5) is 0.328. The average Bonchev–Trinajstić information content (AvgIpc) is 2.52. The van der Waals surface area contributed by atoms with Crippen molar-refractivity contribution in [2.45, 2.75) is 17.9 Å². The summed E-state index contributed by atoms with van der Waals surface area (Å²) >= 11 is 0. The largest absolute Gasteiger partial charge is 0.295 e. The molecule has 1 atom stereocenters. The molecule has 0 fully saturated rings. The van der Waals surface area contributed by atoms with Gasteiger partial charge in [-0.15, -0.1) is 5.92 Å². The predicted octanol–water partition coefficient (Wildman–Crippen LogP) is 2.79. The molecule has 3 nitrogen and oxygen atoms in total. The molecule has 0 aliphatic carbocycles. The van der Waals surface area contributed by atoms with E-state index >= 15 is 0 Å². The Balaban J connectivity index is 2.42. The molecule has 0 aliphatic heterocycles. The second-order valence-electron chi connectivity index (χ2n) is 5.00. The molecule has 0 bridgehead atoms. The number of hydrogen-bond acceptors (Lipinski definition) is 3. The maximum atomic E-state index is 11.8. The number of nitrogens with one attached hydrogen (secondary N) is 1. The van der Waals surface area contributed by atoms with Crippen LogP contribution in [0.25, 0.3) is 0 Å². The average molecular weight is 313 g/mol. The van der Waals surface area contributed by atoms with Crippen LogP contribution >= 0.6 is 0 Å². The Morgan fingerprint density at radius 3 is 2.36 bits per heavy atom. The zero-order valence-electron chi connectivity index (χ0n) is 12.7. The summed E-state index contributed by atoms with van der Waals surface area (Å²) in [6.07, 6.45) is 1.22. The SMILES string of the molecule is CC#CCN[C@@H](c1ccccc1)c1cccc(S(C)(=O)=O)c1. The molecular weight excluding hydrogens is 294 g/mol. The zero-order valence-corrected chi connectivity index (χ0v) is 13.5. The third-order valence-corrected chi connectivity index (χ3v) is 4.43. The molecule has 0 heterocycles. The molecule has 0 spiro atoms. The van der Waals surface area contributed by atoms with Gasteiger partial charge in [0, 0.05) is 6.26 Å². The second kappa shape index (κ2) is 7.26. The third-order valence-electron chi connectivity index (χ3n) is 3.32. The highest BCUT2D eigenvalue weighted by Crippen LogP contribution is 2.24. The first-order valence-electron chi connectivity index (χ1n) is 7.00. The van der Waals surface area contributed by atoms with Gasteiger partial charge in [0.15, 0.2) is 9.84 Å². The van der Waals surface area contributed by atoms with E-state index < -0.39 is 9.84 Å². The number of rotatable bonds is 5. The van der Waals surface area contributed by atoms with Gasteiger partial charge in [-0.2, -0.15) is 0 Å². The maximum absolute atomic E-state index is 11.8. The first kappa shape index (κ1) is 16.3. The van der Waals surface area contributed by atoms with Gasteiger partial charge in [-0.25, -0.2) is 8.42 Å². The van der Waals surface area contributed by atoms with Gasteiger partial charge in [0.05, 0.1) is 17.5 Å². The van der Waals surface area contributed by atoms with Gasteiger partial charge in [-0.1, -0.05) is 48.4 Å². The third kappa shape index (κ3) is 4.20.